The lowest BCUT2D eigenvalue weighted by atomic mass is 10.2. The molecule has 4 nitrogen and oxygen atoms in total. The van der Waals surface area contributed by atoms with E-state index in [4.69, 9.17) is 4.74 Å². The third-order valence-electron chi connectivity index (χ3n) is 2.54. The van der Waals surface area contributed by atoms with Crippen molar-refractivity contribution in [2.75, 3.05) is 7.11 Å². The number of aromatic nitrogens is 2. The minimum absolute atomic E-state index is 0.114. The van der Waals surface area contributed by atoms with Crippen LogP contribution in [0.1, 0.15) is 11.3 Å². The first-order valence-corrected chi connectivity index (χ1v) is 5.55. The van der Waals surface area contributed by atoms with Gasteiger partial charge >= 0.3 is 0 Å². The Morgan fingerprint density at radius 1 is 1.11 bits per heavy atom. The standard InChI is InChI=1S/C14H14N2O2/c1-16-14(17)10-7-12(15-16)6-3-11-4-8-13(18-2)9-5-11/h3-10H,1-2H3/b6-3+. The summed E-state index contributed by atoms with van der Waals surface area (Å²) in [5, 5.41) is 4.11. The smallest absolute Gasteiger partial charge is 0.266 e. The molecule has 0 atom stereocenters. The Bertz CT molecular complexity index is 612. The monoisotopic (exact) mass is 242 g/mol. The normalized spacial score (nSPS) is 10.8. The summed E-state index contributed by atoms with van der Waals surface area (Å²) >= 11 is 0. The van der Waals surface area contributed by atoms with E-state index >= 15 is 0 Å². The van der Waals surface area contributed by atoms with Gasteiger partial charge in [-0.05, 0) is 29.8 Å². The Morgan fingerprint density at radius 3 is 2.44 bits per heavy atom. The van der Waals surface area contributed by atoms with Crippen LogP contribution in [0.25, 0.3) is 12.2 Å². The number of rotatable bonds is 3. The highest BCUT2D eigenvalue weighted by atomic mass is 16.5. The number of aryl methyl sites for hydroxylation is 1. The maximum atomic E-state index is 11.2. The largest absolute Gasteiger partial charge is 0.497 e. The average molecular weight is 242 g/mol. The van der Waals surface area contributed by atoms with Gasteiger partial charge in [0.15, 0.2) is 0 Å². The van der Waals surface area contributed by atoms with Gasteiger partial charge in [-0.1, -0.05) is 18.2 Å². The number of benzene rings is 1. The summed E-state index contributed by atoms with van der Waals surface area (Å²) in [6.45, 7) is 0. The number of hydrogen-bond acceptors (Lipinski definition) is 3. The highest BCUT2D eigenvalue weighted by Gasteiger charge is 1.94. The summed E-state index contributed by atoms with van der Waals surface area (Å²) in [5.74, 6) is 0.826. The molecular weight excluding hydrogens is 228 g/mol. The molecule has 0 bridgehead atoms. The lowest BCUT2D eigenvalue weighted by Gasteiger charge is -1.99. The van der Waals surface area contributed by atoms with Crippen molar-refractivity contribution in [3.05, 3.63) is 58.0 Å². The molecule has 2 aromatic rings. The van der Waals surface area contributed by atoms with Gasteiger partial charge in [0.2, 0.25) is 0 Å². The van der Waals surface area contributed by atoms with E-state index in [0.29, 0.717) is 0 Å². The number of hydrogen-bond donors (Lipinski definition) is 0. The minimum Gasteiger partial charge on any atom is -0.497 e. The van der Waals surface area contributed by atoms with E-state index in [2.05, 4.69) is 5.10 Å². The molecule has 0 saturated carbocycles. The van der Waals surface area contributed by atoms with Gasteiger partial charge in [0, 0.05) is 13.1 Å². The summed E-state index contributed by atoms with van der Waals surface area (Å²) in [7, 11) is 3.27. The van der Waals surface area contributed by atoms with Gasteiger partial charge in [-0.15, -0.1) is 0 Å². The zero-order valence-electron chi connectivity index (χ0n) is 10.3. The van der Waals surface area contributed by atoms with Gasteiger partial charge in [-0.25, -0.2) is 4.68 Å². The molecular formula is C14H14N2O2. The molecule has 4 heteroatoms. The Labute approximate surface area is 105 Å². The zero-order chi connectivity index (χ0) is 13.0. The molecule has 0 aliphatic rings. The third-order valence-corrected chi connectivity index (χ3v) is 2.54. The van der Waals surface area contributed by atoms with Crippen LogP contribution in [0.4, 0.5) is 0 Å². The highest BCUT2D eigenvalue weighted by molar-refractivity contribution is 5.67. The molecule has 92 valence electrons. The molecule has 1 aromatic heterocycles. The summed E-state index contributed by atoms with van der Waals surface area (Å²) in [6.07, 6.45) is 3.80. The van der Waals surface area contributed by atoms with E-state index in [9.17, 15) is 4.79 Å². The van der Waals surface area contributed by atoms with Gasteiger partial charge in [0.1, 0.15) is 5.75 Å². The Morgan fingerprint density at radius 2 is 1.83 bits per heavy atom. The van der Waals surface area contributed by atoms with Crippen molar-refractivity contribution >= 4 is 12.2 Å². The first-order chi connectivity index (χ1) is 8.69. The number of ether oxygens (including phenoxy) is 1. The van der Waals surface area contributed by atoms with Gasteiger partial charge in [0.05, 0.1) is 12.8 Å². The van der Waals surface area contributed by atoms with Crippen LogP contribution in [-0.4, -0.2) is 16.9 Å². The van der Waals surface area contributed by atoms with Crippen LogP contribution in [0.5, 0.6) is 5.75 Å². The predicted molar refractivity (Wildman–Crippen MR) is 71.4 cm³/mol. The van der Waals surface area contributed by atoms with Crippen molar-refractivity contribution < 1.29 is 4.74 Å². The maximum absolute atomic E-state index is 11.2. The molecule has 0 aliphatic carbocycles. The molecule has 0 amide bonds. The van der Waals surface area contributed by atoms with Crippen LogP contribution in [0.3, 0.4) is 0 Å². The SMILES string of the molecule is COc1ccc(/C=C/c2ccc(=O)n(C)n2)cc1. The van der Waals surface area contributed by atoms with E-state index in [1.54, 1.807) is 20.2 Å². The molecule has 0 fully saturated rings. The first-order valence-electron chi connectivity index (χ1n) is 5.55. The van der Waals surface area contributed by atoms with E-state index in [-0.39, 0.29) is 5.56 Å². The fourth-order valence-electron chi connectivity index (χ4n) is 1.51. The van der Waals surface area contributed by atoms with Crippen molar-refractivity contribution in [3.8, 4) is 5.75 Å². The average Bonchev–Trinajstić information content (AvgIpc) is 2.41. The maximum Gasteiger partial charge on any atom is 0.266 e. The Hall–Kier alpha value is -2.36. The molecule has 1 aromatic carbocycles. The molecule has 2 rings (SSSR count). The molecule has 0 radical (unpaired) electrons. The van der Waals surface area contributed by atoms with E-state index in [1.807, 2.05) is 36.4 Å². The van der Waals surface area contributed by atoms with Gasteiger partial charge in [0.25, 0.3) is 5.56 Å². The van der Waals surface area contributed by atoms with Gasteiger partial charge < -0.3 is 4.74 Å². The van der Waals surface area contributed by atoms with Crippen LogP contribution < -0.4 is 10.3 Å². The zero-order valence-corrected chi connectivity index (χ0v) is 10.3. The quantitative estimate of drug-likeness (QED) is 0.826. The van der Waals surface area contributed by atoms with E-state index in [0.717, 1.165) is 17.0 Å². The van der Waals surface area contributed by atoms with Crippen molar-refractivity contribution in [1.29, 1.82) is 0 Å². The van der Waals surface area contributed by atoms with Gasteiger partial charge in [-0.3, -0.25) is 4.79 Å². The topological polar surface area (TPSA) is 44.1 Å². The van der Waals surface area contributed by atoms with Crippen molar-refractivity contribution in [2.24, 2.45) is 7.05 Å². The second kappa shape index (κ2) is 5.31. The lowest BCUT2D eigenvalue weighted by Crippen LogP contribution is -2.18. The summed E-state index contributed by atoms with van der Waals surface area (Å²) in [5.41, 5.74) is 1.68. The van der Waals surface area contributed by atoms with E-state index < -0.39 is 0 Å². The predicted octanol–water partition coefficient (Wildman–Crippen LogP) is 1.96. The Balaban J connectivity index is 2.18. The van der Waals surface area contributed by atoms with Crippen molar-refractivity contribution in [1.82, 2.24) is 9.78 Å². The second-order valence-corrected chi connectivity index (χ2v) is 3.83. The molecule has 0 N–H and O–H groups in total. The minimum atomic E-state index is -0.114. The first kappa shape index (κ1) is 12.1. The van der Waals surface area contributed by atoms with Gasteiger partial charge in [-0.2, -0.15) is 5.10 Å². The molecule has 18 heavy (non-hydrogen) atoms. The third kappa shape index (κ3) is 2.85. The molecule has 0 saturated heterocycles. The Kier molecular flexibility index (Phi) is 3.57. The number of nitrogens with zero attached hydrogens (tertiary/aromatic N) is 2. The van der Waals surface area contributed by atoms with Crippen LogP contribution in [0.2, 0.25) is 0 Å². The van der Waals surface area contributed by atoms with Crippen LogP contribution >= 0.6 is 0 Å². The molecule has 0 spiro atoms. The summed E-state index contributed by atoms with van der Waals surface area (Å²) in [6, 6.07) is 10.9. The number of methoxy groups -OCH3 is 1. The van der Waals surface area contributed by atoms with Crippen LogP contribution in [0.15, 0.2) is 41.2 Å². The summed E-state index contributed by atoms with van der Waals surface area (Å²) < 4.78 is 6.40. The molecule has 0 unspecified atom stereocenters. The van der Waals surface area contributed by atoms with E-state index in [1.165, 1.54) is 10.7 Å². The molecule has 1 heterocycles. The fraction of sp³-hybridized carbons (Fsp3) is 0.143. The second-order valence-electron chi connectivity index (χ2n) is 3.83. The van der Waals surface area contributed by atoms with Crippen molar-refractivity contribution in [3.63, 3.8) is 0 Å². The highest BCUT2D eigenvalue weighted by Crippen LogP contribution is 2.13. The van der Waals surface area contributed by atoms with Crippen LogP contribution in [0, 0.1) is 0 Å². The fourth-order valence-corrected chi connectivity index (χ4v) is 1.51. The molecule has 0 aliphatic heterocycles. The lowest BCUT2D eigenvalue weighted by molar-refractivity contribution is 0.415. The van der Waals surface area contributed by atoms with Crippen molar-refractivity contribution in [2.45, 2.75) is 0 Å². The van der Waals surface area contributed by atoms with Crippen LogP contribution in [-0.2, 0) is 7.05 Å². The summed E-state index contributed by atoms with van der Waals surface area (Å²) in [4.78, 5) is 11.2.